The summed E-state index contributed by atoms with van der Waals surface area (Å²) in [5, 5.41) is 13.0. The largest absolute Gasteiger partial charge is 0.490 e. The normalized spacial score (nSPS) is 16.0. The molecule has 10 heteroatoms. The van der Waals surface area contributed by atoms with E-state index in [1.54, 1.807) is 4.57 Å². The van der Waals surface area contributed by atoms with Crippen molar-refractivity contribution in [3.8, 4) is 17.3 Å². The van der Waals surface area contributed by atoms with Gasteiger partial charge in [-0.1, -0.05) is 0 Å². The van der Waals surface area contributed by atoms with Gasteiger partial charge in [0.25, 0.3) is 5.56 Å². The highest BCUT2D eigenvalue weighted by molar-refractivity contribution is 5.82. The van der Waals surface area contributed by atoms with Crippen molar-refractivity contribution in [2.24, 2.45) is 0 Å². The molecule has 1 fully saturated rings. The van der Waals surface area contributed by atoms with E-state index in [4.69, 9.17) is 9.47 Å². The Kier molecular flexibility index (Phi) is 6.51. The summed E-state index contributed by atoms with van der Waals surface area (Å²) in [4.78, 5) is 35.1. The first-order valence-corrected chi connectivity index (χ1v) is 11.3. The third-order valence-electron chi connectivity index (χ3n) is 5.62. The molecule has 0 amide bonds. The zero-order valence-electron chi connectivity index (χ0n) is 19.5. The monoisotopic (exact) mass is 457 g/mol. The molecule has 178 valence electrons. The lowest BCUT2D eigenvalue weighted by molar-refractivity contribution is -0.181. The van der Waals surface area contributed by atoms with Crippen LogP contribution in [0.2, 0.25) is 0 Å². The second kappa shape index (κ2) is 9.20. The summed E-state index contributed by atoms with van der Waals surface area (Å²) >= 11 is 0. The van der Waals surface area contributed by atoms with Crippen LogP contribution < -0.4 is 21.3 Å². The van der Waals surface area contributed by atoms with Gasteiger partial charge in [0.2, 0.25) is 6.41 Å². The number of rotatable bonds is 7. The van der Waals surface area contributed by atoms with Crippen molar-refractivity contribution in [1.82, 2.24) is 24.8 Å². The van der Waals surface area contributed by atoms with Crippen molar-refractivity contribution in [1.29, 1.82) is 0 Å². The van der Waals surface area contributed by atoms with E-state index in [2.05, 4.69) is 20.3 Å². The molecule has 0 radical (unpaired) electrons. The second-order valence-electron chi connectivity index (χ2n) is 9.47. The minimum Gasteiger partial charge on any atom is -0.490 e. The summed E-state index contributed by atoms with van der Waals surface area (Å²) in [7, 11) is 0. The molecule has 3 N–H and O–H groups in total. The highest BCUT2D eigenvalue weighted by Crippen LogP contribution is 2.31. The molecule has 2 aliphatic heterocycles. The van der Waals surface area contributed by atoms with E-state index in [0.29, 0.717) is 24.1 Å². The zero-order valence-corrected chi connectivity index (χ0v) is 19.5. The molecule has 2 heterocycles. The number of aliphatic hydroxyl groups excluding tert-OH is 1. The Morgan fingerprint density at radius 2 is 1.97 bits per heavy atom. The van der Waals surface area contributed by atoms with E-state index in [9.17, 15) is 14.7 Å². The number of ether oxygens (including phenoxy) is 2. The maximum Gasteiger partial charge on any atom is 0.349 e. The quantitative estimate of drug-likeness (QED) is 0.362. The zero-order chi connectivity index (χ0) is 23.8. The fraction of sp³-hybridized carbons (Fsp3) is 0.565. The molecule has 0 bridgehead atoms. The second-order valence-corrected chi connectivity index (χ2v) is 9.47. The van der Waals surface area contributed by atoms with Crippen molar-refractivity contribution in [3.05, 3.63) is 38.5 Å². The molecule has 0 aromatic heterocycles. The van der Waals surface area contributed by atoms with E-state index < -0.39 is 23.3 Å². The Morgan fingerprint density at radius 3 is 2.67 bits per heavy atom. The summed E-state index contributed by atoms with van der Waals surface area (Å²) in [6.45, 7) is 8.09. The fourth-order valence-electron chi connectivity index (χ4n) is 4.14. The summed E-state index contributed by atoms with van der Waals surface area (Å²) in [6.07, 6.45) is 3.39. The number of benzene rings is 1. The van der Waals surface area contributed by atoms with E-state index in [1.807, 2.05) is 39.8 Å². The van der Waals surface area contributed by atoms with Crippen molar-refractivity contribution >= 4 is 11.0 Å². The first kappa shape index (κ1) is 23.3. The third-order valence-corrected chi connectivity index (χ3v) is 5.62. The maximum absolute atomic E-state index is 12.4. The Morgan fingerprint density at radius 1 is 1.24 bits per heavy atom. The van der Waals surface area contributed by atoms with E-state index in [-0.39, 0.29) is 17.6 Å². The smallest absolute Gasteiger partial charge is 0.349 e. The van der Waals surface area contributed by atoms with Gasteiger partial charge in [0, 0.05) is 19.2 Å². The molecular weight excluding hydrogens is 426 g/mol. The Bertz CT molecular complexity index is 1220. The average molecular weight is 458 g/mol. The molecule has 3 aliphatic rings. The van der Waals surface area contributed by atoms with Crippen molar-refractivity contribution in [2.45, 2.75) is 78.0 Å². The summed E-state index contributed by atoms with van der Waals surface area (Å²) in [6, 6.07) is 3.77. The van der Waals surface area contributed by atoms with Gasteiger partial charge in [-0.2, -0.15) is 4.98 Å². The van der Waals surface area contributed by atoms with Crippen LogP contribution in [-0.2, 0) is 11.3 Å². The summed E-state index contributed by atoms with van der Waals surface area (Å²) < 4.78 is 13.5. The first-order valence-electron chi connectivity index (χ1n) is 11.3. The SMILES string of the molecule is Cc1cc2nc3c(=O)[nH]c(=O)nc-3n(CCNC(O)OC(C)(C)C)c2cc1OC1CCCC1. The molecule has 1 unspecified atom stereocenters. The van der Waals surface area contributed by atoms with Gasteiger partial charge in [0.05, 0.1) is 22.7 Å². The molecule has 4 rings (SSSR count). The van der Waals surface area contributed by atoms with Crippen molar-refractivity contribution in [3.63, 3.8) is 0 Å². The van der Waals surface area contributed by atoms with Gasteiger partial charge in [-0.25, -0.2) is 9.78 Å². The van der Waals surface area contributed by atoms with Crippen molar-refractivity contribution in [2.75, 3.05) is 6.54 Å². The fourth-order valence-corrected chi connectivity index (χ4v) is 4.14. The van der Waals surface area contributed by atoms with E-state index in [0.717, 1.165) is 37.0 Å². The minimum atomic E-state index is -1.17. The maximum atomic E-state index is 12.4. The first-order chi connectivity index (χ1) is 15.6. The minimum absolute atomic E-state index is 0.0810. The predicted molar refractivity (Wildman–Crippen MR) is 124 cm³/mol. The Hall–Kier alpha value is -2.82. The number of hydrogen-bond acceptors (Lipinski definition) is 8. The standard InChI is InChI=1S/C23H31N5O5/c1-13-11-15-16(12-17(13)32-14-7-5-6-8-14)28(10-9-24-22(31)33-23(2,3)4)19-18(25-15)20(29)27-21(30)26-19/h11-12,14,22,24,31H,5-10H2,1-4H3,(H,27,29,30). The van der Waals surface area contributed by atoms with Crippen LogP contribution in [0.25, 0.3) is 22.6 Å². The van der Waals surface area contributed by atoms with Crippen LogP contribution in [0.3, 0.4) is 0 Å². The van der Waals surface area contributed by atoms with Gasteiger partial charge >= 0.3 is 5.69 Å². The van der Waals surface area contributed by atoms with Crippen molar-refractivity contribution < 1.29 is 14.6 Å². The molecule has 0 saturated heterocycles. The number of nitrogens with zero attached hydrogens (tertiary/aromatic N) is 3. The van der Waals surface area contributed by atoms with Gasteiger partial charge < -0.3 is 19.1 Å². The molecule has 1 aromatic carbocycles. The molecule has 1 aliphatic carbocycles. The predicted octanol–water partition coefficient (Wildman–Crippen LogP) is 1.90. The van der Waals surface area contributed by atoms with Gasteiger partial charge in [0.1, 0.15) is 5.75 Å². The molecule has 33 heavy (non-hydrogen) atoms. The van der Waals surface area contributed by atoms with Gasteiger partial charge in [-0.3, -0.25) is 15.1 Å². The number of H-pyrrole nitrogens is 1. The number of aromatic nitrogens is 4. The van der Waals surface area contributed by atoms with Crippen LogP contribution >= 0.6 is 0 Å². The van der Waals surface area contributed by atoms with Gasteiger partial charge in [0.15, 0.2) is 11.5 Å². The number of fused-ring (bicyclic) bond motifs is 2. The van der Waals surface area contributed by atoms with Crippen LogP contribution in [0.1, 0.15) is 52.0 Å². The summed E-state index contributed by atoms with van der Waals surface area (Å²) in [5.41, 5.74) is 0.436. The number of aliphatic hydroxyl groups is 1. The van der Waals surface area contributed by atoms with Crippen LogP contribution in [-0.4, -0.2) is 49.3 Å². The highest BCUT2D eigenvalue weighted by Gasteiger charge is 2.22. The number of hydrogen-bond donors (Lipinski definition) is 3. The summed E-state index contributed by atoms with van der Waals surface area (Å²) in [5.74, 6) is 0.931. The average Bonchev–Trinajstić information content (AvgIpc) is 3.21. The third kappa shape index (κ3) is 5.40. The van der Waals surface area contributed by atoms with Crippen LogP contribution in [0.4, 0.5) is 0 Å². The molecular formula is C23H31N5O5. The lowest BCUT2D eigenvalue weighted by atomic mass is 10.1. The van der Waals surface area contributed by atoms with Gasteiger partial charge in [-0.15, -0.1) is 0 Å². The lowest BCUT2D eigenvalue weighted by Gasteiger charge is -2.25. The van der Waals surface area contributed by atoms with E-state index >= 15 is 0 Å². The topological polar surface area (TPSA) is 131 Å². The molecule has 1 saturated carbocycles. The number of aromatic amines is 1. The highest BCUT2D eigenvalue weighted by atomic mass is 16.6. The molecule has 0 spiro atoms. The Labute approximate surface area is 191 Å². The number of nitrogens with one attached hydrogen (secondary N) is 2. The van der Waals surface area contributed by atoms with Crippen LogP contribution in [0.15, 0.2) is 21.7 Å². The van der Waals surface area contributed by atoms with Crippen LogP contribution in [0.5, 0.6) is 5.75 Å². The molecule has 1 aromatic rings. The number of aryl methyl sites for hydroxylation is 1. The molecule has 10 nitrogen and oxygen atoms in total. The van der Waals surface area contributed by atoms with Crippen LogP contribution in [0, 0.1) is 6.92 Å². The van der Waals surface area contributed by atoms with Gasteiger partial charge in [-0.05, 0) is 65.0 Å². The van der Waals surface area contributed by atoms with E-state index in [1.165, 1.54) is 0 Å². The lowest BCUT2D eigenvalue weighted by Crippen LogP contribution is -2.39. The Balaban J connectivity index is 1.74. The molecule has 1 atom stereocenters.